The van der Waals surface area contributed by atoms with E-state index in [1.165, 1.54) is 0 Å². The first-order valence-corrected chi connectivity index (χ1v) is 2.69. The monoisotopic (exact) mass is 128 g/mol. The van der Waals surface area contributed by atoms with Gasteiger partial charge in [0.15, 0.2) is 0 Å². The van der Waals surface area contributed by atoms with Gasteiger partial charge in [-0.2, -0.15) is 0 Å². The third-order valence-electron chi connectivity index (χ3n) is 1.13. The lowest BCUT2D eigenvalue weighted by Gasteiger charge is -1.99. The highest BCUT2D eigenvalue weighted by Gasteiger charge is 2.22. The fraction of sp³-hybridized carbons (Fsp3) is 0.600. The van der Waals surface area contributed by atoms with Crippen molar-refractivity contribution in [1.29, 1.82) is 0 Å². The molecule has 9 heavy (non-hydrogen) atoms. The molecule has 1 aliphatic heterocycles. The van der Waals surface area contributed by atoms with Crippen LogP contribution < -0.4 is 5.73 Å². The number of rotatable bonds is 1. The van der Waals surface area contributed by atoms with Crippen LogP contribution in [0.5, 0.6) is 0 Å². The summed E-state index contributed by atoms with van der Waals surface area (Å²) in [6.07, 6.45) is 0.0139. The van der Waals surface area contributed by atoms with Crippen LogP contribution in [0.15, 0.2) is 5.16 Å². The lowest BCUT2D eigenvalue weighted by Crippen LogP contribution is -2.28. The molecule has 0 radical (unpaired) electrons. The summed E-state index contributed by atoms with van der Waals surface area (Å²) in [5.41, 5.74) is 5.74. The predicted octanol–water partition coefficient (Wildman–Crippen LogP) is -0.364. The van der Waals surface area contributed by atoms with Crippen LogP contribution in [0.25, 0.3) is 0 Å². The quantitative estimate of drug-likeness (QED) is 0.524. The van der Waals surface area contributed by atoms with E-state index in [1.807, 2.05) is 0 Å². The molecule has 0 bridgehead atoms. The van der Waals surface area contributed by atoms with E-state index in [0.717, 1.165) is 5.71 Å². The van der Waals surface area contributed by atoms with Crippen LogP contribution in [0.2, 0.25) is 0 Å². The molecule has 0 aliphatic carbocycles. The maximum absolute atomic E-state index is 10.4. The summed E-state index contributed by atoms with van der Waals surface area (Å²) in [7, 11) is 0. The summed E-state index contributed by atoms with van der Waals surface area (Å²) >= 11 is 0. The molecule has 1 unspecified atom stereocenters. The largest absolute Gasteiger partial charge is 0.382 e. The van der Waals surface area contributed by atoms with Crippen LogP contribution in [0.3, 0.4) is 0 Å². The average Bonchev–Trinajstić information content (AvgIpc) is 2.14. The van der Waals surface area contributed by atoms with Crippen molar-refractivity contribution in [2.24, 2.45) is 10.9 Å². The molecule has 0 saturated heterocycles. The van der Waals surface area contributed by atoms with Crippen LogP contribution in [0.4, 0.5) is 0 Å². The van der Waals surface area contributed by atoms with Gasteiger partial charge in [-0.15, -0.1) is 0 Å². The smallest absolute Gasteiger partial charge is 0.261 e. The third-order valence-corrected chi connectivity index (χ3v) is 1.13. The number of nitrogens with two attached hydrogens (primary N) is 1. The number of carbonyl (C=O) groups excluding carboxylic acids is 1. The molecule has 0 saturated carbocycles. The molecule has 1 heterocycles. The molecule has 0 fully saturated rings. The first-order valence-electron chi connectivity index (χ1n) is 2.69. The summed E-state index contributed by atoms with van der Waals surface area (Å²) in [6, 6.07) is 0. The molecule has 1 atom stereocenters. The average molecular weight is 128 g/mol. The van der Waals surface area contributed by atoms with Gasteiger partial charge in [0.05, 0.1) is 5.71 Å². The van der Waals surface area contributed by atoms with Crippen molar-refractivity contribution in [3.05, 3.63) is 0 Å². The number of amides is 1. The normalized spacial score (nSPS) is 25.0. The lowest BCUT2D eigenvalue weighted by atomic mass is 10.2. The number of hydrogen-bond donors (Lipinski definition) is 1. The molecule has 0 aromatic heterocycles. The zero-order valence-electron chi connectivity index (χ0n) is 5.13. The summed E-state index contributed by atoms with van der Waals surface area (Å²) in [5, 5.41) is 3.55. The second kappa shape index (κ2) is 2.05. The number of primary amides is 1. The van der Waals surface area contributed by atoms with Crippen molar-refractivity contribution in [3.63, 3.8) is 0 Å². The lowest BCUT2D eigenvalue weighted by molar-refractivity contribution is -0.127. The maximum Gasteiger partial charge on any atom is 0.261 e. The number of nitrogens with zero attached hydrogens (tertiary/aromatic N) is 1. The van der Waals surface area contributed by atoms with Crippen molar-refractivity contribution in [3.8, 4) is 0 Å². The molecule has 0 spiro atoms. The summed E-state index contributed by atoms with van der Waals surface area (Å²) in [4.78, 5) is 15.0. The zero-order valence-corrected chi connectivity index (χ0v) is 5.13. The van der Waals surface area contributed by atoms with E-state index >= 15 is 0 Å². The van der Waals surface area contributed by atoms with E-state index < -0.39 is 12.0 Å². The Morgan fingerprint density at radius 2 is 2.67 bits per heavy atom. The van der Waals surface area contributed by atoms with E-state index in [4.69, 9.17) is 5.73 Å². The Kier molecular flexibility index (Phi) is 1.38. The fourth-order valence-electron chi connectivity index (χ4n) is 0.649. The van der Waals surface area contributed by atoms with Gasteiger partial charge in [-0.1, -0.05) is 5.16 Å². The molecular weight excluding hydrogens is 120 g/mol. The minimum atomic E-state index is -0.523. The highest BCUT2D eigenvalue weighted by Crippen LogP contribution is 2.08. The Morgan fingerprint density at radius 3 is 2.89 bits per heavy atom. The Hall–Kier alpha value is -1.06. The first-order chi connectivity index (χ1) is 4.20. The van der Waals surface area contributed by atoms with Crippen LogP contribution in [0.1, 0.15) is 13.3 Å². The minimum absolute atomic E-state index is 0.449. The molecule has 1 rings (SSSR count). The van der Waals surface area contributed by atoms with Gasteiger partial charge in [0.1, 0.15) is 0 Å². The molecule has 4 heteroatoms. The van der Waals surface area contributed by atoms with Gasteiger partial charge in [0.2, 0.25) is 6.10 Å². The second-order valence-electron chi connectivity index (χ2n) is 2.03. The number of hydrogen-bond acceptors (Lipinski definition) is 3. The van der Waals surface area contributed by atoms with Gasteiger partial charge in [0.25, 0.3) is 5.91 Å². The standard InChI is InChI=1S/C5H8N2O2/c1-3-2-4(5(6)8)9-7-3/h4H,2H2,1H3,(H2,6,8). The van der Waals surface area contributed by atoms with Gasteiger partial charge in [0, 0.05) is 6.42 Å². The fourth-order valence-corrected chi connectivity index (χ4v) is 0.649. The Balaban J connectivity index is 2.47. The van der Waals surface area contributed by atoms with Crippen molar-refractivity contribution in [2.45, 2.75) is 19.4 Å². The second-order valence-corrected chi connectivity index (χ2v) is 2.03. The maximum atomic E-state index is 10.4. The van der Waals surface area contributed by atoms with Gasteiger partial charge in [-0.25, -0.2) is 0 Å². The molecule has 0 aromatic carbocycles. The number of carbonyl (C=O) groups is 1. The van der Waals surface area contributed by atoms with Crippen molar-refractivity contribution in [2.75, 3.05) is 0 Å². The van der Waals surface area contributed by atoms with Gasteiger partial charge in [-0.3, -0.25) is 4.79 Å². The highest BCUT2D eigenvalue weighted by atomic mass is 16.6. The van der Waals surface area contributed by atoms with E-state index in [0.29, 0.717) is 6.42 Å². The Bertz CT molecular complexity index is 164. The van der Waals surface area contributed by atoms with E-state index in [-0.39, 0.29) is 0 Å². The summed E-state index contributed by atoms with van der Waals surface area (Å²) in [6.45, 7) is 1.79. The molecule has 1 aliphatic rings. The minimum Gasteiger partial charge on any atom is -0.382 e. The molecule has 4 nitrogen and oxygen atoms in total. The summed E-state index contributed by atoms with van der Waals surface area (Å²) in [5.74, 6) is -0.449. The zero-order chi connectivity index (χ0) is 6.85. The van der Waals surface area contributed by atoms with Crippen LogP contribution in [-0.2, 0) is 9.63 Å². The molecule has 2 N–H and O–H groups in total. The first kappa shape index (κ1) is 6.07. The van der Waals surface area contributed by atoms with Crippen molar-refractivity contribution >= 4 is 11.6 Å². The topological polar surface area (TPSA) is 64.7 Å². The SMILES string of the molecule is CC1=NOC(C(N)=O)C1. The van der Waals surface area contributed by atoms with Crippen LogP contribution in [0, 0.1) is 0 Å². The number of oxime groups is 1. The molecule has 0 aromatic rings. The van der Waals surface area contributed by atoms with E-state index in [2.05, 4.69) is 9.99 Å². The van der Waals surface area contributed by atoms with Gasteiger partial charge >= 0.3 is 0 Å². The molecule has 50 valence electrons. The van der Waals surface area contributed by atoms with Crippen LogP contribution >= 0.6 is 0 Å². The predicted molar refractivity (Wildman–Crippen MR) is 31.8 cm³/mol. The Morgan fingerprint density at radius 1 is 2.00 bits per heavy atom. The van der Waals surface area contributed by atoms with Crippen LogP contribution in [-0.4, -0.2) is 17.7 Å². The van der Waals surface area contributed by atoms with E-state index in [1.54, 1.807) is 6.92 Å². The van der Waals surface area contributed by atoms with Crippen molar-refractivity contribution in [1.82, 2.24) is 0 Å². The van der Waals surface area contributed by atoms with Crippen molar-refractivity contribution < 1.29 is 9.63 Å². The summed E-state index contributed by atoms with van der Waals surface area (Å²) < 4.78 is 0. The molecule has 1 amide bonds. The highest BCUT2D eigenvalue weighted by molar-refractivity contribution is 5.90. The Labute approximate surface area is 52.7 Å². The third kappa shape index (κ3) is 1.19. The van der Waals surface area contributed by atoms with Gasteiger partial charge < -0.3 is 10.6 Å². The van der Waals surface area contributed by atoms with E-state index in [9.17, 15) is 4.79 Å². The molecular formula is C5H8N2O2. The van der Waals surface area contributed by atoms with Gasteiger partial charge in [-0.05, 0) is 6.92 Å².